The molecule has 0 aliphatic heterocycles. The Morgan fingerprint density at radius 1 is 1.58 bits per heavy atom. The van der Waals surface area contributed by atoms with Crippen LogP contribution in [-0.2, 0) is 4.79 Å². The van der Waals surface area contributed by atoms with Gasteiger partial charge in [0, 0.05) is 24.5 Å². The van der Waals surface area contributed by atoms with Crippen molar-refractivity contribution in [1.29, 1.82) is 0 Å². The third-order valence-electron chi connectivity index (χ3n) is 3.24. The molecule has 2 N–H and O–H groups in total. The fourth-order valence-corrected chi connectivity index (χ4v) is 2.44. The Morgan fingerprint density at radius 2 is 2.32 bits per heavy atom. The number of aliphatic hydroxyl groups excluding tert-OH is 1. The van der Waals surface area contributed by atoms with Gasteiger partial charge in [-0.2, -0.15) is 11.3 Å². The van der Waals surface area contributed by atoms with Crippen molar-refractivity contribution in [1.82, 2.24) is 10.2 Å². The van der Waals surface area contributed by atoms with Gasteiger partial charge in [-0.05, 0) is 30.2 Å². The van der Waals surface area contributed by atoms with Crippen molar-refractivity contribution in [3.8, 4) is 0 Å². The van der Waals surface area contributed by atoms with Crippen LogP contribution in [0.5, 0.6) is 0 Å². The lowest BCUT2D eigenvalue weighted by Crippen LogP contribution is -2.41. The number of thiophene rings is 1. The highest BCUT2D eigenvalue weighted by Gasteiger charge is 2.31. The van der Waals surface area contributed by atoms with Crippen molar-refractivity contribution in [2.24, 2.45) is 5.92 Å². The van der Waals surface area contributed by atoms with Crippen LogP contribution in [0.25, 0.3) is 0 Å². The first-order chi connectivity index (χ1) is 9.08. The van der Waals surface area contributed by atoms with Crippen LogP contribution in [0.2, 0.25) is 0 Å². The molecule has 0 spiro atoms. The summed E-state index contributed by atoms with van der Waals surface area (Å²) >= 11 is 1.44. The van der Waals surface area contributed by atoms with Gasteiger partial charge in [0.1, 0.15) is 0 Å². The number of hydrogen-bond acceptors (Lipinski definition) is 4. The van der Waals surface area contributed by atoms with Crippen LogP contribution < -0.4 is 5.32 Å². The molecule has 0 saturated heterocycles. The van der Waals surface area contributed by atoms with Gasteiger partial charge in [0.2, 0.25) is 5.91 Å². The number of hydrogen-bond donors (Lipinski definition) is 2. The Kier molecular flexibility index (Phi) is 4.55. The lowest BCUT2D eigenvalue weighted by molar-refractivity contribution is -0.130. The van der Waals surface area contributed by atoms with E-state index in [1.807, 2.05) is 5.38 Å². The van der Waals surface area contributed by atoms with E-state index in [4.69, 9.17) is 0 Å². The summed E-state index contributed by atoms with van der Waals surface area (Å²) in [5, 5.41) is 15.9. The topological polar surface area (TPSA) is 69.6 Å². The molecule has 0 aromatic carbocycles. The van der Waals surface area contributed by atoms with E-state index in [0.29, 0.717) is 18.0 Å². The minimum absolute atomic E-state index is 0.0391. The number of aliphatic hydroxyl groups is 1. The van der Waals surface area contributed by atoms with E-state index in [1.165, 1.54) is 16.2 Å². The highest BCUT2D eigenvalue weighted by Crippen LogP contribution is 2.32. The molecule has 104 valence electrons. The van der Waals surface area contributed by atoms with Crippen molar-refractivity contribution in [3.63, 3.8) is 0 Å². The summed E-state index contributed by atoms with van der Waals surface area (Å²) in [5.41, 5.74) is 0.568. The van der Waals surface area contributed by atoms with E-state index in [0.717, 1.165) is 12.8 Å². The second kappa shape index (κ2) is 6.16. The molecule has 1 aromatic rings. The molecule has 1 unspecified atom stereocenters. The van der Waals surface area contributed by atoms with E-state index in [1.54, 1.807) is 18.5 Å². The van der Waals surface area contributed by atoms with Crippen LogP contribution in [0.15, 0.2) is 16.8 Å². The van der Waals surface area contributed by atoms with Crippen LogP contribution in [-0.4, -0.2) is 48.1 Å². The largest absolute Gasteiger partial charge is 0.391 e. The molecule has 0 bridgehead atoms. The Labute approximate surface area is 116 Å². The summed E-state index contributed by atoms with van der Waals surface area (Å²) in [6.45, 7) is 0.292. The lowest BCUT2D eigenvalue weighted by atomic mass is 10.2. The monoisotopic (exact) mass is 282 g/mol. The van der Waals surface area contributed by atoms with Gasteiger partial charge in [0.05, 0.1) is 12.6 Å². The van der Waals surface area contributed by atoms with Crippen LogP contribution in [0.1, 0.15) is 23.2 Å². The first kappa shape index (κ1) is 14.0. The second-order valence-electron chi connectivity index (χ2n) is 4.87. The van der Waals surface area contributed by atoms with Gasteiger partial charge in [-0.15, -0.1) is 0 Å². The Morgan fingerprint density at radius 3 is 2.89 bits per heavy atom. The zero-order valence-electron chi connectivity index (χ0n) is 10.8. The highest BCUT2D eigenvalue weighted by molar-refractivity contribution is 7.08. The Bertz CT molecular complexity index is 443. The van der Waals surface area contributed by atoms with Gasteiger partial charge >= 0.3 is 0 Å². The van der Waals surface area contributed by atoms with Gasteiger partial charge in [0.25, 0.3) is 5.91 Å². The van der Waals surface area contributed by atoms with Gasteiger partial charge in [-0.3, -0.25) is 9.59 Å². The molecule has 1 aliphatic rings. The molecule has 1 aromatic heterocycles. The minimum Gasteiger partial charge on any atom is -0.391 e. The average molecular weight is 282 g/mol. The maximum Gasteiger partial charge on any atom is 0.252 e. The van der Waals surface area contributed by atoms with E-state index in [2.05, 4.69) is 5.32 Å². The first-order valence-corrected chi connectivity index (χ1v) is 7.24. The summed E-state index contributed by atoms with van der Waals surface area (Å²) in [5.74, 6) is -0.0929. The third kappa shape index (κ3) is 4.04. The third-order valence-corrected chi connectivity index (χ3v) is 3.92. The zero-order valence-corrected chi connectivity index (χ0v) is 11.7. The molecule has 2 rings (SSSR count). The fraction of sp³-hybridized carbons (Fsp3) is 0.538. The Balaban J connectivity index is 1.72. The molecule has 5 nitrogen and oxygen atoms in total. The average Bonchev–Trinajstić information content (AvgIpc) is 3.10. The molecule has 1 saturated carbocycles. The van der Waals surface area contributed by atoms with Gasteiger partial charge < -0.3 is 15.3 Å². The number of nitrogens with zero attached hydrogens (tertiary/aromatic N) is 1. The normalized spacial score (nSPS) is 15.9. The summed E-state index contributed by atoms with van der Waals surface area (Å²) in [7, 11) is 1.64. The first-order valence-electron chi connectivity index (χ1n) is 6.30. The molecule has 1 aliphatic carbocycles. The van der Waals surface area contributed by atoms with Crippen molar-refractivity contribution < 1.29 is 14.7 Å². The van der Waals surface area contributed by atoms with Gasteiger partial charge in [-0.1, -0.05) is 0 Å². The Hall–Kier alpha value is -1.40. The van der Waals surface area contributed by atoms with Crippen LogP contribution in [0.4, 0.5) is 0 Å². The molecule has 1 fully saturated rings. The van der Waals surface area contributed by atoms with E-state index >= 15 is 0 Å². The number of carbonyl (C=O) groups is 2. The fourth-order valence-electron chi connectivity index (χ4n) is 1.80. The zero-order chi connectivity index (χ0) is 13.8. The number of rotatable bonds is 6. The molecular weight excluding hydrogens is 264 g/mol. The molecule has 1 heterocycles. The van der Waals surface area contributed by atoms with Crippen molar-refractivity contribution in [2.45, 2.75) is 18.9 Å². The van der Waals surface area contributed by atoms with Gasteiger partial charge in [-0.25, -0.2) is 0 Å². The summed E-state index contributed by atoms with van der Waals surface area (Å²) in [6.07, 6.45) is 1.64. The molecule has 0 radical (unpaired) electrons. The number of amides is 2. The van der Waals surface area contributed by atoms with E-state index in [-0.39, 0.29) is 18.4 Å². The van der Waals surface area contributed by atoms with E-state index < -0.39 is 6.10 Å². The lowest BCUT2D eigenvalue weighted by Gasteiger charge is -2.20. The SMILES string of the molecule is CN(CC(O)C1CC1)C(=O)CNC(=O)c1ccsc1. The quantitative estimate of drug-likeness (QED) is 0.807. The predicted molar refractivity (Wildman–Crippen MR) is 73.0 cm³/mol. The van der Waals surface area contributed by atoms with Crippen molar-refractivity contribution in [2.75, 3.05) is 20.1 Å². The molecule has 6 heteroatoms. The summed E-state index contributed by atoms with van der Waals surface area (Å²) in [6, 6.07) is 1.71. The number of nitrogens with one attached hydrogen (secondary N) is 1. The van der Waals surface area contributed by atoms with Gasteiger partial charge in [0.15, 0.2) is 0 Å². The molecular formula is C13H18N2O3S. The molecule has 1 atom stereocenters. The maximum absolute atomic E-state index is 11.8. The second-order valence-corrected chi connectivity index (χ2v) is 5.65. The molecule has 2 amide bonds. The predicted octanol–water partition coefficient (Wildman–Crippen LogP) is 0.707. The van der Waals surface area contributed by atoms with E-state index in [9.17, 15) is 14.7 Å². The summed E-state index contributed by atoms with van der Waals surface area (Å²) < 4.78 is 0. The van der Waals surface area contributed by atoms with Crippen molar-refractivity contribution in [3.05, 3.63) is 22.4 Å². The maximum atomic E-state index is 11.8. The number of likely N-dealkylation sites (N-methyl/N-ethyl adjacent to an activating group) is 1. The van der Waals surface area contributed by atoms with Crippen LogP contribution in [0, 0.1) is 5.92 Å². The van der Waals surface area contributed by atoms with Crippen LogP contribution in [0.3, 0.4) is 0 Å². The minimum atomic E-state index is -0.443. The smallest absolute Gasteiger partial charge is 0.252 e. The van der Waals surface area contributed by atoms with Crippen LogP contribution >= 0.6 is 11.3 Å². The highest BCUT2D eigenvalue weighted by atomic mass is 32.1. The number of carbonyl (C=O) groups excluding carboxylic acids is 2. The van der Waals surface area contributed by atoms with Crippen molar-refractivity contribution >= 4 is 23.2 Å². The standard InChI is InChI=1S/C13H18N2O3S/c1-15(7-11(16)9-2-3-9)12(17)6-14-13(18)10-4-5-19-8-10/h4-5,8-9,11,16H,2-3,6-7H2,1H3,(H,14,18). The summed E-state index contributed by atoms with van der Waals surface area (Å²) in [4.78, 5) is 24.9. The molecule has 19 heavy (non-hydrogen) atoms.